The molecule has 6 heteroatoms. The summed E-state index contributed by atoms with van der Waals surface area (Å²) in [4.78, 5) is 23.4. The van der Waals surface area contributed by atoms with Crippen molar-refractivity contribution < 1.29 is 19.1 Å². The molecule has 0 saturated heterocycles. The summed E-state index contributed by atoms with van der Waals surface area (Å²) >= 11 is 0. The number of aliphatic hydroxyl groups is 1. The van der Waals surface area contributed by atoms with E-state index in [0.29, 0.717) is 23.4 Å². The van der Waals surface area contributed by atoms with Crippen molar-refractivity contribution in [3.05, 3.63) is 59.9 Å². The maximum atomic E-state index is 13.1. The van der Waals surface area contributed by atoms with Crippen LogP contribution in [0.2, 0.25) is 0 Å². The highest BCUT2D eigenvalue weighted by atomic mass is 19.1. The van der Waals surface area contributed by atoms with E-state index < -0.39 is 17.8 Å². The summed E-state index contributed by atoms with van der Waals surface area (Å²) in [7, 11) is 0. The number of carbonyl (C=O) groups excluding carboxylic acids is 2. The van der Waals surface area contributed by atoms with Crippen molar-refractivity contribution in [2.45, 2.75) is 25.9 Å². The van der Waals surface area contributed by atoms with Crippen LogP contribution in [-0.4, -0.2) is 16.9 Å². The first-order chi connectivity index (χ1) is 11.5. The highest BCUT2D eigenvalue weighted by Gasteiger charge is 2.14. The lowest BCUT2D eigenvalue weighted by Crippen LogP contribution is -2.16. The van der Waals surface area contributed by atoms with Gasteiger partial charge in [-0.1, -0.05) is 25.1 Å². The van der Waals surface area contributed by atoms with Gasteiger partial charge in [-0.05, 0) is 35.9 Å². The molecule has 0 aliphatic carbocycles. The molecule has 24 heavy (non-hydrogen) atoms. The first-order valence-corrected chi connectivity index (χ1v) is 7.61. The van der Waals surface area contributed by atoms with Gasteiger partial charge in [-0.25, -0.2) is 4.39 Å². The van der Waals surface area contributed by atoms with Gasteiger partial charge in [0.15, 0.2) is 0 Å². The fourth-order valence-corrected chi connectivity index (χ4v) is 2.14. The quantitative estimate of drug-likeness (QED) is 0.761. The van der Waals surface area contributed by atoms with Crippen molar-refractivity contribution in [1.29, 1.82) is 0 Å². The predicted octanol–water partition coefficient (Wildman–Crippen LogP) is 3.24. The molecular formula is C18H19FN2O3. The zero-order chi connectivity index (χ0) is 17.5. The van der Waals surface area contributed by atoms with Gasteiger partial charge in [-0.15, -0.1) is 0 Å². The molecule has 3 N–H and O–H groups in total. The summed E-state index contributed by atoms with van der Waals surface area (Å²) in [5.74, 6) is -1.00. The van der Waals surface area contributed by atoms with Crippen molar-refractivity contribution in [3.8, 4) is 0 Å². The lowest BCUT2D eigenvalue weighted by atomic mass is 10.1. The fraction of sp³-hybridized carbons (Fsp3) is 0.222. The molecular weight excluding hydrogens is 311 g/mol. The highest BCUT2D eigenvalue weighted by molar-refractivity contribution is 5.94. The minimum atomic E-state index is -1.09. The van der Waals surface area contributed by atoms with E-state index in [1.165, 1.54) is 18.2 Å². The smallest absolute Gasteiger partial charge is 0.227 e. The van der Waals surface area contributed by atoms with Crippen LogP contribution in [0, 0.1) is 5.82 Å². The van der Waals surface area contributed by atoms with Gasteiger partial charge in [-0.2, -0.15) is 0 Å². The van der Waals surface area contributed by atoms with Crippen molar-refractivity contribution in [2.24, 2.45) is 0 Å². The van der Waals surface area contributed by atoms with E-state index in [1.807, 2.05) is 0 Å². The zero-order valence-electron chi connectivity index (χ0n) is 13.3. The molecule has 5 nitrogen and oxygen atoms in total. The number of hydrogen-bond acceptors (Lipinski definition) is 3. The van der Waals surface area contributed by atoms with E-state index in [2.05, 4.69) is 10.6 Å². The molecule has 2 aromatic rings. The Hall–Kier alpha value is -2.73. The number of halogens is 1. The van der Waals surface area contributed by atoms with Crippen LogP contribution in [0.4, 0.5) is 15.8 Å². The Kier molecular flexibility index (Phi) is 6.03. The molecule has 0 bridgehead atoms. The maximum Gasteiger partial charge on any atom is 0.227 e. The summed E-state index contributed by atoms with van der Waals surface area (Å²) in [6.07, 6.45) is -0.936. The Labute approximate surface area is 139 Å². The van der Waals surface area contributed by atoms with E-state index in [-0.39, 0.29) is 12.3 Å². The van der Waals surface area contributed by atoms with Gasteiger partial charge in [0.05, 0.1) is 12.5 Å². The molecule has 0 aliphatic rings. The summed E-state index contributed by atoms with van der Waals surface area (Å²) in [5.41, 5.74) is 1.42. The van der Waals surface area contributed by atoms with Crippen LogP contribution in [0.3, 0.4) is 0 Å². The van der Waals surface area contributed by atoms with Crippen LogP contribution >= 0.6 is 0 Å². The highest BCUT2D eigenvalue weighted by Crippen LogP contribution is 2.20. The van der Waals surface area contributed by atoms with Crippen molar-refractivity contribution >= 4 is 23.2 Å². The molecule has 2 amide bonds. The summed E-state index contributed by atoms with van der Waals surface area (Å²) in [6.45, 7) is 1.74. The van der Waals surface area contributed by atoms with Crippen LogP contribution in [0.15, 0.2) is 48.5 Å². The molecule has 126 valence electrons. The molecule has 0 saturated carbocycles. The molecule has 1 unspecified atom stereocenters. The second kappa shape index (κ2) is 8.21. The molecule has 1 atom stereocenters. The third-order valence-electron chi connectivity index (χ3n) is 3.36. The van der Waals surface area contributed by atoms with E-state index in [9.17, 15) is 19.1 Å². The number of nitrogens with one attached hydrogen (secondary N) is 2. The molecule has 0 aromatic heterocycles. The minimum Gasteiger partial charge on any atom is -0.388 e. The monoisotopic (exact) mass is 330 g/mol. The molecule has 0 aliphatic heterocycles. The molecule has 0 radical (unpaired) electrons. The molecule has 2 aromatic carbocycles. The van der Waals surface area contributed by atoms with Crippen LogP contribution in [0.25, 0.3) is 0 Å². The second-order valence-electron chi connectivity index (χ2n) is 5.31. The van der Waals surface area contributed by atoms with E-state index >= 15 is 0 Å². The summed E-state index contributed by atoms with van der Waals surface area (Å²) in [5, 5.41) is 15.4. The lowest BCUT2D eigenvalue weighted by molar-refractivity contribution is -0.118. The molecule has 0 fully saturated rings. The van der Waals surface area contributed by atoms with Gasteiger partial charge in [0.1, 0.15) is 5.82 Å². The zero-order valence-corrected chi connectivity index (χ0v) is 13.3. The van der Waals surface area contributed by atoms with Crippen LogP contribution < -0.4 is 10.6 Å². The van der Waals surface area contributed by atoms with Gasteiger partial charge < -0.3 is 15.7 Å². The Bertz CT molecular complexity index is 734. The molecule has 0 spiro atoms. The van der Waals surface area contributed by atoms with Crippen molar-refractivity contribution in [1.82, 2.24) is 0 Å². The number of hydrogen-bond donors (Lipinski definition) is 3. The lowest BCUT2D eigenvalue weighted by Gasteiger charge is -2.12. The predicted molar refractivity (Wildman–Crippen MR) is 90.0 cm³/mol. The standard InChI is InChI=1S/C18H19FN2O3/c1-2-17(23)20-14-7-4-8-15(10-14)21-18(24)11-16(22)12-5-3-6-13(19)9-12/h3-10,16,22H,2,11H2,1H3,(H,20,23)(H,21,24). The third-order valence-corrected chi connectivity index (χ3v) is 3.36. The number of aliphatic hydroxyl groups excluding tert-OH is 1. The Morgan fingerprint density at radius 2 is 1.67 bits per heavy atom. The summed E-state index contributed by atoms with van der Waals surface area (Å²) in [6, 6.07) is 12.2. The number of carbonyl (C=O) groups is 2. The largest absolute Gasteiger partial charge is 0.388 e. The SMILES string of the molecule is CCC(=O)Nc1cccc(NC(=O)CC(O)c2cccc(F)c2)c1. The third kappa shape index (κ3) is 5.17. The molecule has 2 rings (SSSR count). The Morgan fingerprint density at radius 3 is 2.29 bits per heavy atom. The molecule has 0 heterocycles. The van der Waals surface area contributed by atoms with Gasteiger partial charge in [0.2, 0.25) is 11.8 Å². The van der Waals surface area contributed by atoms with Crippen LogP contribution in [0.5, 0.6) is 0 Å². The van der Waals surface area contributed by atoms with E-state index in [0.717, 1.165) is 0 Å². The fourth-order valence-electron chi connectivity index (χ4n) is 2.14. The Morgan fingerprint density at radius 1 is 1.04 bits per heavy atom. The van der Waals surface area contributed by atoms with Gasteiger partial charge in [0, 0.05) is 17.8 Å². The van der Waals surface area contributed by atoms with E-state index in [1.54, 1.807) is 37.3 Å². The average Bonchev–Trinajstić information content (AvgIpc) is 2.54. The van der Waals surface area contributed by atoms with Gasteiger partial charge >= 0.3 is 0 Å². The van der Waals surface area contributed by atoms with Gasteiger partial charge in [0.25, 0.3) is 0 Å². The Balaban J connectivity index is 1.97. The summed E-state index contributed by atoms with van der Waals surface area (Å²) < 4.78 is 13.1. The number of benzene rings is 2. The number of rotatable bonds is 6. The van der Waals surface area contributed by atoms with Crippen molar-refractivity contribution in [2.75, 3.05) is 10.6 Å². The first-order valence-electron chi connectivity index (χ1n) is 7.61. The van der Waals surface area contributed by atoms with Gasteiger partial charge in [-0.3, -0.25) is 9.59 Å². The second-order valence-corrected chi connectivity index (χ2v) is 5.31. The number of anilines is 2. The maximum absolute atomic E-state index is 13.1. The van der Waals surface area contributed by atoms with Crippen LogP contribution in [0.1, 0.15) is 31.4 Å². The van der Waals surface area contributed by atoms with Crippen molar-refractivity contribution in [3.63, 3.8) is 0 Å². The normalized spacial score (nSPS) is 11.6. The minimum absolute atomic E-state index is 0.125. The van der Waals surface area contributed by atoms with E-state index in [4.69, 9.17) is 0 Å². The first kappa shape index (κ1) is 17.6. The number of amides is 2. The topological polar surface area (TPSA) is 78.4 Å². The van der Waals surface area contributed by atoms with Crippen LogP contribution in [-0.2, 0) is 9.59 Å². The average molecular weight is 330 g/mol.